The summed E-state index contributed by atoms with van der Waals surface area (Å²) in [6.07, 6.45) is 3.66. The fourth-order valence-electron chi connectivity index (χ4n) is 3.88. The molecule has 0 atom stereocenters. The van der Waals surface area contributed by atoms with Crippen molar-refractivity contribution in [1.29, 1.82) is 0 Å². The number of amides is 1. The number of hydrogen-bond donors (Lipinski definition) is 0. The van der Waals surface area contributed by atoms with Crippen molar-refractivity contribution in [2.45, 2.75) is 24.2 Å². The van der Waals surface area contributed by atoms with Crippen LogP contribution in [0.15, 0.2) is 47.4 Å². The summed E-state index contributed by atoms with van der Waals surface area (Å²) in [6.45, 7) is 3.33. The highest BCUT2D eigenvalue weighted by Gasteiger charge is 2.21. The molecule has 27 heavy (non-hydrogen) atoms. The number of benzene rings is 2. The molecule has 1 aliphatic carbocycles. The Morgan fingerprint density at radius 3 is 2.48 bits per heavy atom. The summed E-state index contributed by atoms with van der Waals surface area (Å²) < 4.78 is 5.22. The van der Waals surface area contributed by atoms with Crippen LogP contribution in [0.4, 0.5) is 5.69 Å². The van der Waals surface area contributed by atoms with E-state index in [1.54, 1.807) is 18.9 Å². The minimum atomic E-state index is 0.245. The van der Waals surface area contributed by atoms with Gasteiger partial charge < -0.3 is 14.5 Å². The number of fused-ring (bicyclic) bond motifs is 1. The van der Waals surface area contributed by atoms with Crippen LogP contribution in [0, 0.1) is 0 Å². The molecule has 142 valence electrons. The van der Waals surface area contributed by atoms with Crippen molar-refractivity contribution in [3.8, 4) is 5.75 Å². The lowest BCUT2D eigenvalue weighted by atomic mass is 10.1. The maximum absolute atomic E-state index is 12.6. The van der Waals surface area contributed by atoms with Gasteiger partial charge in [-0.3, -0.25) is 4.79 Å². The molecule has 2 aromatic carbocycles. The van der Waals surface area contributed by atoms with E-state index in [4.69, 9.17) is 4.74 Å². The summed E-state index contributed by atoms with van der Waals surface area (Å²) in [5.41, 5.74) is 4.15. The number of carbonyl (C=O) groups excluding carboxylic acids is 1. The molecule has 5 heteroatoms. The molecule has 1 fully saturated rings. The fourth-order valence-corrected chi connectivity index (χ4v) is 4.74. The molecule has 1 heterocycles. The third kappa shape index (κ3) is 4.24. The Morgan fingerprint density at radius 2 is 1.74 bits per heavy atom. The molecule has 0 bridgehead atoms. The molecular formula is C22H26N2O2S. The van der Waals surface area contributed by atoms with Crippen molar-refractivity contribution < 1.29 is 9.53 Å². The highest BCUT2D eigenvalue weighted by atomic mass is 32.2. The number of hydrogen-bond acceptors (Lipinski definition) is 4. The Morgan fingerprint density at radius 1 is 1.00 bits per heavy atom. The maximum Gasteiger partial charge on any atom is 0.233 e. The molecule has 0 N–H and O–H groups in total. The average Bonchev–Trinajstić information content (AvgIpc) is 3.20. The van der Waals surface area contributed by atoms with Crippen LogP contribution in [0.5, 0.6) is 5.75 Å². The number of methoxy groups -OCH3 is 1. The molecule has 1 aliphatic heterocycles. The van der Waals surface area contributed by atoms with E-state index in [1.807, 2.05) is 17.0 Å². The van der Waals surface area contributed by atoms with Gasteiger partial charge in [-0.25, -0.2) is 0 Å². The zero-order chi connectivity index (χ0) is 18.6. The third-order valence-corrected chi connectivity index (χ3v) is 6.48. The molecule has 1 saturated heterocycles. The lowest BCUT2D eigenvalue weighted by Gasteiger charge is -2.36. The summed E-state index contributed by atoms with van der Waals surface area (Å²) >= 11 is 1.67. The van der Waals surface area contributed by atoms with Gasteiger partial charge in [0.15, 0.2) is 0 Å². The van der Waals surface area contributed by atoms with Crippen molar-refractivity contribution in [3.05, 3.63) is 53.6 Å². The Kier molecular flexibility index (Phi) is 5.58. The van der Waals surface area contributed by atoms with Crippen molar-refractivity contribution in [2.75, 3.05) is 43.9 Å². The van der Waals surface area contributed by atoms with E-state index in [9.17, 15) is 4.79 Å². The minimum Gasteiger partial charge on any atom is -0.497 e. The van der Waals surface area contributed by atoms with Crippen LogP contribution in [0.25, 0.3) is 0 Å². The topological polar surface area (TPSA) is 32.8 Å². The SMILES string of the molecule is COc1ccc(N2CCN(C(=O)CSc3ccc4c(c3)CCC4)CC2)cc1. The summed E-state index contributed by atoms with van der Waals surface area (Å²) in [4.78, 5) is 18.2. The Labute approximate surface area is 165 Å². The van der Waals surface area contributed by atoms with Gasteiger partial charge in [-0.2, -0.15) is 0 Å². The summed E-state index contributed by atoms with van der Waals surface area (Å²) in [6, 6.07) is 14.8. The Bertz CT molecular complexity index is 798. The molecular weight excluding hydrogens is 356 g/mol. The predicted molar refractivity (Wildman–Crippen MR) is 111 cm³/mol. The molecule has 0 unspecified atom stereocenters. The first-order chi connectivity index (χ1) is 13.2. The molecule has 0 saturated carbocycles. The number of rotatable bonds is 5. The van der Waals surface area contributed by atoms with Crippen LogP contribution in [-0.4, -0.2) is 49.8 Å². The largest absolute Gasteiger partial charge is 0.497 e. The summed E-state index contributed by atoms with van der Waals surface area (Å²) in [7, 11) is 1.68. The average molecular weight is 383 g/mol. The predicted octanol–water partition coefficient (Wildman–Crippen LogP) is 3.62. The van der Waals surface area contributed by atoms with E-state index in [0.717, 1.165) is 31.9 Å². The van der Waals surface area contributed by atoms with Crippen LogP contribution in [0.1, 0.15) is 17.5 Å². The third-order valence-electron chi connectivity index (χ3n) is 5.50. The quantitative estimate of drug-likeness (QED) is 0.740. The van der Waals surface area contributed by atoms with Gasteiger partial charge in [-0.05, 0) is 66.8 Å². The van der Waals surface area contributed by atoms with Gasteiger partial charge in [0.1, 0.15) is 5.75 Å². The molecule has 2 aliphatic rings. The number of aryl methyl sites for hydroxylation is 2. The number of ether oxygens (including phenoxy) is 1. The fraction of sp³-hybridized carbons (Fsp3) is 0.409. The minimum absolute atomic E-state index is 0.245. The van der Waals surface area contributed by atoms with E-state index in [2.05, 4.69) is 35.2 Å². The highest BCUT2D eigenvalue weighted by molar-refractivity contribution is 8.00. The van der Waals surface area contributed by atoms with Crippen molar-refractivity contribution in [3.63, 3.8) is 0 Å². The Hall–Kier alpha value is -2.14. The highest BCUT2D eigenvalue weighted by Crippen LogP contribution is 2.28. The standard InChI is InChI=1S/C22H26N2O2S/c1-26-20-8-6-19(7-9-20)23-11-13-24(14-12-23)22(25)16-27-21-10-5-17-3-2-4-18(17)15-21/h5-10,15H,2-4,11-14,16H2,1H3. The zero-order valence-electron chi connectivity index (χ0n) is 15.8. The Balaban J connectivity index is 1.27. The first-order valence-corrected chi connectivity index (χ1v) is 10.6. The van der Waals surface area contributed by atoms with E-state index >= 15 is 0 Å². The van der Waals surface area contributed by atoms with Gasteiger partial charge in [0.2, 0.25) is 5.91 Å². The lowest BCUT2D eigenvalue weighted by molar-refractivity contribution is -0.128. The van der Waals surface area contributed by atoms with E-state index in [-0.39, 0.29) is 5.91 Å². The van der Waals surface area contributed by atoms with Gasteiger partial charge in [0.25, 0.3) is 0 Å². The maximum atomic E-state index is 12.6. The second-order valence-corrected chi connectivity index (χ2v) is 8.19. The molecule has 4 rings (SSSR count). The molecule has 0 aromatic heterocycles. The van der Waals surface area contributed by atoms with Crippen LogP contribution in [0.3, 0.4) is 0 Å². The van der Waals surface area contributed by atoms with E-state index in [0.29, 0.717) is 5.75 Å². The van der Waals surface area contributed by atoms with Crippen LogP contribution in [0.2, 0.25) is 0 Å². The van der Waals surface area contributed by atoms with Crippen molar-refractivity contribution >= 4 is 23.4 Å². The van der Waals surface area contributed by atoms with Crippen molar-refractivity contribution in [2.24, 2.45) is 0 Å². The van der Waals surface area contributed by atoms with E-state index in [1.165, 1.54) is 41.0 Å². The smallest absolute Gasteiger partial charge is 0.233 e. The summed E-state index contributed by atoms with van der Waals surface area (Å²) in [5, 5.41) is 0. The van der Waals surface area contributed by atoms with Crippen LogP contribution in [-0.2, 0) is 17.6 Å². The molecule has 4 nitrogen and oxygen atoms in total. The summed E-state index contributed by atoms with van der Waals surface area (Å²) in [5.74, 6) is 1.65. The van der Waals surface area contributed by atoms with Gasteiger partial charge in [0, 0.05) is 36.8 Å². The molecule has 2 aromatic rings. The number of carbonyl (C=O) groups is 1. The van der Waals surface area contributed by atoms with Gasteiger partial charge in [0.05, 0.1) is 12.9 Å². The molecule has 1 amide bonds. The second kappa shape index (κ2) is 8.26. The number of anilines is 1. The number of thioether (sulfide) groups is 1. The van der Waals surface area contributed by atoms with Crippen LogP contribution < -0.4 is 9.64 Å². The van der Waals surface area contributed by atoms with Gasteiger partial charge in [-0.15, -0.1) is 11.8 Å². The lowest BCUT2D eigenvalue weighted by Crippen LogP contribution is -2.49. The van der Waals surface area contributed by atoms with Crippen LogP contribution >= 0.6 is 11.8 Å². The monoisotopic (exact) mass is 382 g/mol. The zero-order valence-corrected chi connectivity index (χ0v) is 16.6. The number of piperazine rings is 1. The normalized spacial score (nSPS) is 16.3. The number of nitrogens with zero attached hydrogens (tertiary/aromatic N) is 2. The molecule has 0 spiro atoms. The van der Waals surface area contributed by atoms with Gasteiger partial charge >= 0.3 is 0 Å². The van der Waals surface area contributed by atoms with E-state index < -0.39 is 0 Å². The van der Waals surface area contributed by atoms with Crippen molar-refractivity contribution in [1.82, 2.24) is 4.90 Å². The first-order valence-electron chi connectivity index (χ1n) is 9.64. The second-order valence-electron chi connectivity index (χ2n) is 7.14. The molecule has 0 radical (unpaired) electrons. The first kappa shape index (κ1) is 18.2. The van der Waals surface area contributed by atoms with Gasteiger partial charge in [-0.1, -0.05) is 6.07 Å².